The maximum absolute atomic E-state index is 15.0. The van der Waals surface area contributed by atoms with Crippen LogP contribution in [-0.2, 0) is 4.74 Å². The Kier molecular flexibility index (Phi) is 8.32. The SMILES string of the molecule is CCCC1CCC(c2cc(F)c(-c3cc(F)c(C#Cc4ccc(N=C=S)cc4)c(F)c3)c(F)c2)OC1. The summed E-state index contributed by atoms with van der Waals surface area (Å²) in [5.74, 6) is 1.74. The minimum atomic E-state index is -1.01. The lowest BCUT2D eigenvalue weighted by molar-refractivity contribution is -0.0197. The Morgan fingerprint density at radius 3 is 2.14 bits per heavy atom. The van der Waals surface area contributed by atoms with Crippen molar-refractivity contribution >= 4 is 23.1 Å². The summed E-state index contributed by atoms with van der Waals surface area (Å²) < 4.78 is 65.3. The first-order valence-electron chi connectivity index (χ1n) is 11.7. The number of hydrogen-bond donors (Lipinski definition) is 0. The highest BCUT2D eigenvalue weighted by Gasteiger charge is 2.25. The lowest BCUT2D eigenvalue weighted by Crippen LogP contribution is -2.20. The van der Waals surface area contributed by atoms with Crippen molar-refractivity contribution in [3.63, 3.8) is 0 Å². The first-order valence-corrected chi connectivity index (χ1v) is 12.1. The molecular formula is C29H23F4NOS. The van der Waals surface area contributed by atoms with Gasteiger partial charge < -0.3 is 4.74 Å². The molecule has 4 rings (SSSR count). The number of aliphatic imine (C=N–C) groups is 1. The Labute approximate surface area is 213 Å². The number of isothiocyanates is 1. The number of halogens is 4. The Balaban J connectivity index is 1.58. The number of hydrogen-bond acceptors (Lipinski definition) is 3. The van der Waals surface area contributed by atoms with E-state index in [0.29, 0.717) is 35.8 Å². The Morgan fingerprint density at radius 1 is 0.917 bits per heavy atom. The van der Waals surface area contributed by atoms with Gasteiger partial charge in [-0.05, 0) is 97.1 Å². The molecule has 0 aromatic heterocycles. The molecule has 1 saturated heterocycles. The van der Waals surface area contributed by atoms with Crippen LogP contribution in [0.5, 0.6) is 0 Å². The van der Waals surface area contributed by atoms with E-state index in [-0.39, 0.29) is 5.56 Å². The van der Waals surface area contributed by atoms with Gasteiger partial charge in [-0.3, -0.25) is 0 Å². The predicted octanol–water partition coefficient (Wildman–Crippen LogP) is 8.31. The van der Waals surface area contributed by atoms with E-state index in [1.165, 1.54) is 12.1 Å². The van der Waals surface area contributed by atoms with Gasteiger partial charge in [0, 0.05) is 5.56 Å². The average molecular weight is 510 g/mol. The molecule has 0 N–H and O–H groups in total. The van der Waals surface area contributed by atoms with Gasteiger partial charge in [0.05, 0.1) is 34.7 Å². The standard InChI is InChI=1S/C29H23F4NOS/c1-2-3-19-7-11-28(35-16-19)20-12-26(32)29(27(33)13-20)21-14-24(30)23(25(31)15-21)10-6-18-4-8-22(9-5-18)34-17-36/h4-5,8-9,12-15,19,28H,2-3,7,11,16H2,1H3. The summed E-state index contributed by atoms with van der Waals surface area (Å²) in [6, 6.07) is 10.7. The van der Waals surface area contributed by atoms with E-state index >= 15 is 0 Å². The zero-order chi connectivity index (χ0) is 25.7. The molecule has 184 valence electrons. The molecule has 2 atom stereocenters. The topological polar surface area (TPSA) is 21.6 Å². The van der Waals surface area contributed by atoms with Crippen LogP contribution in [0.1, 0.15) is 55.4 Å². The van der Waals surface area contributed by atoms with Crippen LogP contribution in [0, 0.1) is 41.0 Å². The lowest BCUT2D eigenvalue weighted by atomic mass is 9.91. The molecule has 0 bridgehead atoms. The minimum Gasteiger partial charge on any atom is -0.373 e. The number of rotatable bonds is 5. The molecule has 3 aromatic rings. The van der Waals surface area contributed by atoms with Crippen molar-refractivity contribution in [1.82, 2.24) is 0 Å². The molecule has 3 aromatic carbocycles. The molecule has 0 aliphatic carbocycles. The van der Waals surface area contributed by atoms with Crippen molar-refractivity contribution in [2.24, 2.45) is 10.9 Å². The second-order valence-electron chi connectivity index (χ2n) is 8.73. The van der Waals surface area contributed by atoms with E-state index < -0.39 is 40.5 Å². The van der Waals surface area contributed by atoms with Gasteiger partial charge in [-0.1, -0.05) is 25.2 Å². The van der Waals surface area contributed by atoms with Crippen LogP contribution >= 0.6 is 12.2 Å². The fraction of sp³-hybridized carbons (Fsp3) is 0.276. The van der Waals surface area contributed by atoms with Crippen molar-refractivity contribution in [2.75, 3.05) is 6.61 Å². The summed E-state index contributed by atoms with van der Waals surface area (Å²) in [6.45, 7) is 2.66. The third-order valence-electron chi connectivity index (χ3n) is 6.21. The van der Waals surface area contributed by atoms with Crippen molar-refractivity contribution < 1.29 is 22.3 Å². The first-order chi connectivity index (χ1) is 17.4. The molecule has 7 heteroatoms. The highest BCUT2D eigenvalue weighted by atomic mass is 32.1. The summed E-state index contributed by atoms with van der Waals surface area (Å²) in [5, 5.41) is 2.24. The van der Waals surface area contributed by atoms with E-state index in [0.717, 1.165) is 31.4 Å². The lowest BCUT2D eigenvalue weighted by Gasteiger charge is -2.29. The predicted molar refractivity (Wildman–Crippen MR) is 135 cm³/mol. The zero-order valence-corrected chi connectivity index (χ0v) is 20.4. The third-order valence-corrected chi connectivity index (χ3v) is 6.30. The molecule has 0 amide bonds. The minimum absolute atomic E-state index is 0.243. The van der Waals surface area contributed by atoms with E-state index in [1.54, 1.807) is 24.3 Å². The molecular weight excluding hydrogens is 486 g/mol. The van der Waals surface area contributed by atoms with E-state index in [2.05, 4.69) is 41.1 Å². The second-order valence-corrected chi connectivity index (χ2v) is 8.91. The summed E-state index contributed by atoms with van der Waals surface area (Å²) in [4.78, 5) is 3.82. The highest BCUT2D eigenvalue weighted by molar-refractivity contribution is 7.78. The number of ether oxygens (including phenoxy) is 1. The van der Waals surface area contributed by atoms with Crippen LogP contribution in [0.25, 0.3) is 11.1 Å². The first kappa shape index (κ1) is 25.8. The van der Waals surface area contributed by atoms with Crippen LogP contribution in [-0.4, -0.2) is 11.8 Å². The molecule has 0 spiro atoms. The van der Waals surface area contributed by atoms with Gasteiger partial charge in [0.15, 0.2) is 0 Å². The molecule has 1 aliphatic heterocycles. The molecule has 2 unspecified atom stereocenters. The summed E-state index contributed by atoms with van der Waals surface area (Å²) in [6.07, 6.45) is 3.31. The molecule has 0 saturated carbocycles. The maximum atomic E-state index is 15.0. The molecule has 36 heavy (non-hydrogen) atoms. The van der Waals surface area contributed by atoms with E-state index in [4.69, 9.17) is 4.74 Å². The molecule has 1 heterocycles. The molecule has 1 fully saturated rings. The van der Waals surface area contributed by atoms with Crippen LogP contribution < -0.4 is 0 Å². The van der Waals surface area contributed by atoms with Crippen LogP contribution in [0.2, 0.25) is 0 Å². The van der Waals surface area contributed by atoms with Crippen LogP contribution in [0.15, 0.2) is 53.5 Å². The monoisotopic (exact) mass is 509 g/mol. The van der Waals surface area contributed by atoms with E-state index in [9.17, 15) is 17.6 Å². The maximum Gasteiger partial charge on any atom is 0.142 e. The number of thiocarbonyl (C=S) groups is 1. The van der Waals surface area contributed by atoms with Gasteiger partial charge in [-0.25, -0.2) is 17.6 Å². The van der Waals surface area contributed by atoms with E-state index in [1.807, 2.05) is 0 Å². The molecule has 1 aliphatic rings. The highest BCUT2D eigenvalue weighted by Crippen LogP contribution is 2.36. The van der Waals surface area contributed by atoms with Gasteiger partial charge in [0.2, 0.25) is 0 Å². The molecule has 2 nitrogen and oxygen atoms in total. The molecule has 0 radical (unpaired) electrons. The van der Waals surface area contributed by atoms with Gasteiger partial charge >= 0.3 is 0 Å². The normalized spacial score (nSPS) is 17.1. The number of nitrogens with zero attached hydrogens (tertiary/aromatic N) is 1. The number of benzene rings is 3. The van der Waals surface area contributed by atoms with Gasteiger partial charge in [-0.15, -0.1) is 0 Å². The average Bonchev–Trinajstić information content (AvgIpc) is 2.85. The van der Waals surface area contributed by atoms with Crippen molar-refractivity contribution in [1.29, 1.82) is 0 Å². The summed E-state index contributed by atoms with van der Waals surface area (Å²) in [5.41, 5.74) is 0.226. The Bertz CT molecular complexity index is 1320. The fourth-order valence-electron chi connectivity index (χ4n) is 4.40. The van der Waals surface area contributed by atoms with Gasteiger partial charge in [0.1, 0.15) is 23.3 Å². The Morgan fingerprint density at radius 2 is 1.58 bits per heavy atom. The quantitative estimate of drug-likeness (QED) is 0.149. The second kappa shape index (κ2) is 11.6. The summed E-state index contributed by atoms with van der Waals surface area (Å²) in [7, 11) is 0. The van der Waals surface area contributed by atoms with Gasteiger partial charge in [0.25, 0.3) is 0 Å². The largest absolute Gasteiger partial charge is 0.373 e. The van der Waals surface area contributed by atoms with Crippen molar-refractivity contribution in [3.05, 3.63) is 88.5 Å². The zero-order valence-electron chi connectivity index (χ0n) is 19.6. The van der Waals surface area contributed by atoms with Gasteiger partial charge in [-0.2, -0.15) is 4.99 Å². The van der Waals surface area contributed by atoms with Crippen molar-refractivity contribution in [3.8, 4) is 23.0 Å². The van der Waals surface area contributed by atoms with Crippen LogP contribution in [0.3, 0.4) is 0 Å². The van der Waals surface area contributed by atoms with Crippen LogP contribution in [0.4, 0.5) is 23.2 Å². The Hall–Kier alpha value is -3.30. The fourth-order valence-corrected chi connectivity index (χ4v) is 4.51. The third kappa shape index (κ3) is 5.91. The van der Waals surface area contributed by atoms with Crippen molar-refractivity contribution in [2.45, 2.75) is 38.7 Å². The summed E-state index contributed by atoms with van der Waals surface area (Å²) >= 11 is 4.54. The smallest absolute Gasteiger partial charge is 0.142 e.